The molecule has 3 heterocycles. The van der Waals surface area contributed by atoms with E-state index in [4.69, 9.17) is 4.74 Å². The summed E-state index contributed by atoms with van der Waals surface area (Å²) in [6.45, 7) is 3.14. The lowest BCUT2D eigenvalue weighted by atomic mass is 10.2. The van der Waals surface area contributed by atoms with E-state index in [9.17, 15) is 4.39 Å². The second-order valence-corrected chi connectivity index (χ2v) is 6.78. The number of hydrogen-bond acceptors (Lipinski definition) is 8. The van der Waals surface area contributed by atoms with E-state index in [1.165, 1.54) is 19.5 Å². The summed E-state index contributed by atoms with van der Waals surface area (Å²) in [4.78, 5) is 23.8. The zero-order chi connectivity index (χ0) is 19.7. The van der Waals surface area contributed by atoms with Gasteiger partial charge < -0.3 is 19.4 Å². The van der Waals surface area contributed by atoms with Crippen LogP contribution in [0.5, 0.6) is 5.75 Å². The van der Waals surface area contributed by atoms with Crippen molar-refractivity contribution in [3.8, 4) is 5.75 Å². The Bertz CT molecular complexity index is 989. The standard InChI is InChI=1S/C19H22FN7O/c1-25(2)19-21-5-4-17(24-19)26-6-8-27(9-7-26)18-13-10-16(28-3)14(20)11-15(13)22-12-23-18/h4-5,10-12H,6-9H2,1-3H3. The summed E-state index contributed by atoms with van der Waals surface area (Å²) in [5, 5.41) is 0.783. The van der Waals surface area contributed by atoms with Gasteiger partial charge in [0.2, 0.25) is 5.95 Å². The Hall–Kier alpha value is -3.23. The molecule has 1 aromatic carbocycles. The highest BCUT2D eigenvalue weighted by atomic mass is 19.1. The summed E-state index contributed by atoms with van der Waals surface area (Å²) >= 11 is 0. The highest BCUT2D eigenvalue weighted by molar-refractivity contribution is 5.90. The minimum absolute atomic E-state index is 0.194. The van der Waals surface area contributed by atoms with Crippen molar-refractivity contribution in [2.75, 3.05) is 62.1 Å². The molecule has 0 saturated carbocycles. The van der Waals surface area contributed by atoms with Crippen LogP contribution in [0, 0.1) is 5.82 Å². The predicted octanol–water partition coefficient (Wildman–Crippen LogP) is 1.96. The van der Waals surface area contributed by atoms with Gasteiger partial charge in [-0.05, 0) is 12.1 Å². The first-order valence-corrected chi connectivity index (χ1v) is 9.05. The molecule has 0 spiro atoms. The van der Waals surface area contributed by atoms with E-state index >= 15 is 0 Å². The lowest BCUT2D eigenvalue weighted by Crippen LogP contribution is -2.47. The summed E-state index contributed by atoms with van der Waals surface area (Å²) in [7, 11) is 5.30. The lowest BCUT2D eigenvalue weighted by molar-refractivity contribution is 0.387. The number of aromatic nitrogens is 4. The van der Waals surface area contributed by atoms with Crippen LogP contribution >= 0.6 is 0 Å². The third kappa shape index (κ3) is 3.35. The topological polar surface area (TPSA) is 70.5 Å². The second-order valence-electron chi connectivity index (χ2n) is 6.78. The fraction of sp³-hybridized carbons (Fsp3) is 0.368. The average Bonchev–Trinajstić information content (AvgIpc) is 2.73. The van der Waals surface area contributed by atoms with E-state index in [1.807, 2.05) is 25.1 Å². The van der Waals surface area contributed by atoms with Crippen molar-refractivity contribution in [1.82, 2.24) is 19.9 Å². The third-order valence-corrected chi connectivity index (χ3v) is 4.82. The number of ether oxygens (including phenoxy) is 1. The number of nitrogens with zero attached hydrogens (tertiary/aromatic N) is 7. The number of fused-ring (bicyclic) bond motifs is 1. The van der Waals surface area contributed by atoms with Gasteiger partial charge in [0.25, 0.3) is 0 Å². The SMILES string of the molecule is COc1cc2c(N3CCN(c4ccnc(N(C)C)n4)CC3)ncnc2cc1F. The highest BCUT2D eigenvalue weighted by Gasteiger charge is 2.22. The Morgan fingerprint density at radius 3 is 2.50 bits per heavy atom. The maximum atomic E-state index is 14.0. The summed E-state index contributed by atoms with van der Waals surface area (Å²) in [5.74, 6) is 2.16. The van der Waals surface area contributed by atoms with Crippen molar-refractivity contribution in [2.24, 2.45) is 0 Å². The second kappa shape index (κ2) is 7.41. The molecule has 1 fully saturated rings. The first kappa shape index (κ1) is 18.1. The molecular formula is C19H22FN7O. The van der Waals surface area contributed by atoms with E-state index in [0.717, 1.165) is 43.2 Å². The number of rotatable bonds is 4. The van der Waals surface area contributed by atoms with Gasteiger partial charge in [-0.2, -0.15) is 4.98 Å². The van der Waals surface area contributed by atoms with Gasteiger partial charge in [0.1, 0.15) is 18.0 Å². The largest absolute Gasteiger partial charge is 0.494 e. The molecule has 1 aliphatic rings. The van der Waals surface area contributed by atoms with Crippen molar-refractivity contribution in [3.05, 3.63) is 36.5 Å². The maximum Gasteiger partial charge on any atom is 0.226 e. The molecule has 0 aliphatic carbocycles. The van der Waals surface area contributed by atoms with Crippen LogP contribution in [0.1, 0.15) is 0 Å². The van der Waals surface area contributed by atoms with Gasteiger partial charge in [0.15, 0.2) is 11.6 Å². The number of methoxy groups -OCH3 is 1. The fourth-order valence-corrected chi connectivity index (χ4v) is 3.33. The quantitative estimate of drug-likeness (QED) is 0.677. The summed E-state index contributed by atoms with van der Waals surface area (Å²) in [6, 6.07) is 4.98. The molecule has 2 aromatic heterocycles. The van der Waals surface area contributed by atoms with Crippen LogP contribution in [-0.2, 0) is 0 Å². The van der Waals surface area contributed by atoms with Gasteiger partial charge in [-0.3, -0.25) is 0 Å². The van der Waals surface area contributed by atoms with Crippen LogP contribution in [0.4, 0.5) is 22.0 Å². The van der Waals surface area contributed by atoms with Crippen molar-refractivity contribution >= 4 is 28.5 Å². The first-order valence-electron chi connectivity index (χ1n) is 9.05. The number of halogens is 1. The van der Waals surface area contributed by atoms with Crippen LogP contribution in [0.2, 0.25) is 0 Å². The molecule has 146 valence electrons. The molecule has 3 aromatic rings. The molecule has 1 saturated heterocycles. The van der Waals surface area contributed by atoms with E-state index < -0.39 is 5.82 Å². The number of anilines is 3. The average molecular weight is 383 g/mol. The summed E-state index contributed by atoms with van der Waals surface area (Å²) in [6.07, 6.45) is 3.26. The molecule has 0 bridgehead atoms. The molecule has 1 aliphatic heterocycles. The van der Waals surface area contributed by atoms with E-state index in [-0.39, 0.29) is 5.75 Å². The number of hydrogen-bond donors (Lipinski definition) is 0. The first-order chi connectivity index (χ1) is 13.6. The molecule has 0 unspecified atom stereocenters. The molecule has 0 atom stereocenters. The lowest BCUT2D eigenvalue weighted by Gasteiger charge is -2.36. The van der Waals surface area contributed by atoms with Crippen LogP contribution in [0.15, 0.2) is 30.7 Å². The highest BCUT2D eigenvalue weighted by Crippen LogP contribution is 2.30. The normalized spacial score (nSPS) is 14.4. The Kier molecular flexibility index (Phi) is 4.81. The van der Waals surface area contributed by atoms with Gasteiger partial charge in [-0.25, -0.2) is 19.3 Å². The Labute approximate surface area is 162 Å². The molecular weight excluding hydrogens is 361 g/mol. The van der Waals surface area contributed by atoms with Crippen LogP contribution in [0.25, 0.3) is 10.9 Å². The Morgan fingerprint density at radius 2 is 1.79 bits per heavy atom. The van der Waals surface area contributed by atoms with Crippen molar-refractivity contribution in [2.45, 2.75) is 0 Å². The minimum Gasteiger partial charge on any atom is -0.494 e. The van der Waals surface area contributed by atoms with Crippen LogP contribution in [-0.4, -0.2) is 67.3 Å². The molecule has 0 N–H and O–H groups in total. The van der Waals surface area contributed by atoms with E-state index in [2.05, 4.69) is 29.7 Å². The fourth-order valence-electron chi connectivity index (χ4n) is 3.33. The Morgan fingerprint density at radius 1 is 1.04 bits per heavy atom. The predicted molar refractivity (Wildman–Crippen MR) is 107 cm³/mol. The van der Waals surface area contributed by atoms with Crippen molar-refractivity contribution in [1.29, 1.82) is 0 Å². The smallest absolute Gasteiger partial charge is 0.226 e. The summed E-state index contributed by atoms with van der Waals surface area (Å²) < 4.78 is 19.1. The number of benzene rings is 1. The maximum absolute atomic E-state index is 14.0. The van der Waals surface area contributed by atoms with E-state index in [0.29, 0.717) is 11.5 Å². The monoisotopic (exact) mass is 383 g/mol. The molecule has 0 radical (unpaired) electrons. The van der Waals surface area contributed by atoms with Crippen LogP contribution < -0.4 is 19.4 Å². The van der Waals surface area contributed by atoms with Gasteiger partial charge in [0, 0.05) is 57.9 Å². The summed E-state index contributed by atoms with van der Waals surface area (Å²) in [5.41, 5.74) is 0.567. The minimum atomic E-state index is -0.426. The van der Waals surface area contributed by atoms with Crippen molar-refractivity contribution < 1.29 is 9.13 Å². The molecule has 4 rings (SSSR count). The van der Waals surface area contributed by atoms with E-state index in [1.54, 1.807) is 12.3 Å². The third-order valence-electron chi connectivity index (χ3n) is 4.82. The molecule has 0 amide bonds. The van der Waals surface area contributed by atoms with Gasteiger partial charge in [-0.1, -0.05) is 0 Å². The molecule has 8 nitrogen and oxygen atoms in total. The number of piperazine rings is 1. The van der Waals surface area contributed by atoms with Gasteiger partial charge >= 0.3 is 0 Å². The Balaban J connectivity index is 1.56. The molecule has 9 heteroatoms. The zero-order valence-corrected chi connectivity index (χ0v) is 16.1. The van der Waals surface area contributed by atoms with Gasteiger partial charge in [0.05, 0.1) is 12.6 Å². The van der Waals surface area contributed by atoms with Gasteiger partial charge in [-0.15, -0.1) is 0 Å². The van der Waals surface area contributed by atoms with Crippen LogP contribution in [0.3, 0.4) is 0 Å². The zero-order valence-electron chi connectivity index (χ0n) is 16.1. The van der Waals surface area contributed by atoms with Crippen molar-refractivity contribution in [3.63, 3.8) is 0 Å². The molecule has 28 heavy (non-hydrogen) atoms.